The van der Waals surface area contributed by atoms with Crippen molar-refractivity contribution in [3.05, 3.63) is 12.2 Å². The van der Waals surface area contributed by atoms with Crippen LogP contribution in [0.1, 0.15) is 32.5 Å². The lowest BCUT2D eigenvalue weighted by Gasteiger charge is -2.33. The van der Waals surface area contributed by atoms with Crippen LogP contribution in [0.15, 0.2) is 6.33 Å². The highest BCUT2D eigenvalue weighted by molar-refractivity contribution is 7.80. The van der Waals surface area contributed by atoms with Crippen molar-refractivity contribution in [2.75, 3.05) is 7.05 Å². The molecular formula is C11H19N5OS. The highest BCUT2D eigenvalue weighted by Gasteiger charge is 2.40. The van der Waals surface area contributed by atoms with Crippen LogP contribution in [-0.2, 0) is 11.3 Å². The predicted octanol–water partition coefficient (Wildman–Crippen LogP) is 0.856. The number of carbonyl (C=O) groups excluding carboxylic acids is 1. The van der Waals surface area contributed by atoms with Crippen LogP contribution in [0.25, 0.3) is 0 Å². The molecule has 1 aromatic heterocycles. The smallest absolute Gasteiger partial charge is 0.235 e. The second kappa shape index (κ2) is 5.90. The van der Waals surface area contributed by atoms with Crippen molar-refractivity contribution in [1.82, 2.24) is 20.1 Å². The van der Waals surface area contributed by atoms with Gasteiger partial charge < -0.3 is 10.6 Å². The van der Waals surface area contributed by atoms with Gasteiger partial charge in [0, 0.05) is 7.05 Å². The largest absolute Gasteiger partial charge is 0.392 e. The van der Waals surface area contributed by atoms with Gasteiger partial charge in [0.25, 0.3) is 0 Å². The molecule has 0 aliphatic rings. The van der Waals surface area contributed by atoms with E-state index in [9.17, 15) is 4.79 Å². The van der Waals surface area contributed by atoms with Gasteiger partial charge in [-0.1, -0.05) is 26.1 Å². The summed E-state index contributed by atoms with van der Waals surface area (Å²) < 4.78 is 0. The Bertz CT molecular complexity index is 413. The molecular weight excluding hydrogens is 250 g/mol. The number of H-pyrrole nitrogens is 1. The molecule has 3 N–H and O–H groups in total. The molecule has 1 rings (SSSR count). The van der Waals surface area contributed by atoms with Crippen molar-refractivity contribution in [3.63, 3.8) is 0 Å². The van der Waals surface area contributed by atoms with Gasteiger partial charge in [-0.15, -0.1) is 0 Å². The minimum atomic E-state index is -0.760. The third kappa shape index (κ3) is 2.66. The maximum atomic E-state index is 12.5. The van der Waals surface area contributed by atoms with E-state index >= 15 is 0 Å². The van der Waals surface area contributed by atoms with Crippen molar-refractivity contribution in [3.8, 4) is 0 Å². The number of aromatic nitrogens is 3. The van der Waals surface area contributed by atoms with Crippen molar-refractivity contribution in [2.24, 2.45) is 11.1 Å². The molecule has 1 aromatic rings. The summed E-state index contributed by atoms with van der Waals surface area (Å²) in [6, 6.07) is 0. The molecule has 100 valence electrons. The lowest BCUT2D eigenvalue weighted by molar-refractivity contribution is -0.138. The zero-order chi connectivity index (χ0) is 13.8. The summed E-state index contributed by atoms with van der Waals surface area (Å²) in [5, 5.41) is 6.47. The molecule has 18 heavy (non-hydrogen) atoms. The Balaban J connectivity index is 2.86. The molecule has 0 saturated heterocycles. The van der Waals surface area contributed by atoms with Crippen LogP contribution < -0.4 is 5.73 Å². The van der Waals surface area contributed by atoms with E-state index < -0.39 is 5.41 Å². The van der Waals surface area contributed by atoms with Gasteiger partial charge in [0.1, 0.15) is 12.2 Å². The van der Waals surface area contributed by atoms with Crippen LogP contribution in [0.4, 0.5) is 0 Å². The monoisotopic (exact) mass is 269 g/mol. The lowest BCUT2D eigenvalue weighted by atomic mass is 9.81. The van der Waals surface area contributed by atoms with E-state index in [2.05, 4.69) is 15.2 Å². The van der Waals surface area contributed by atoms with E-state index in [-0.39, 0.29) is 10.9 Å². The zero-order valence-corrected chi connectivity index (χ0v) is 11.8. The third-order valence-corrected chi connectivity index (χ3v) is 3.68. The number of hydrogen-bond donors (Lipinski definition) is 2. The average molecular weight is 269 g/mol. The molecule has 0 radical (unpaired) electrons. The first kappa shape index (κ1) is 14.6. The molecule has 0 unspecified atom stereocenters. The van der Waals surface area contributed by atoms with Gasteiger partial charge in [0.05, 0.1) is 16.9 Å². The minimum absolute atomic E-state index is 0.0728. The number of nitrogens with zero attached hydrogens (tertiary/aromatic N) is 3. The molecule has 0 aliphatic carbocycles. The summed E-state index contributed by atoms with van der Waals surface area (Å²) in [7, 11) is 1.71. The third-order valence-electron chi connectivity index (χ3n) is 3.29. The van der Waals surface area contributed by atoms with Crippen LogP contribution in [0.3, 0.4) is 0 Å². The first-order valence-electron chi connectivity index (χ1n) is 5.87. The number of thiocarbonyl (C=S) groups is 1. The summed E-state index contributed by atoms with van der Waals surface area (Å²) in [4.78, 5) is 18.3. The summed E-state index contributed by atoms with van der Waals surface area (Å²) in [5.74, 6) is 0.561. The van der Waals surface area contributed by atoms with Crippen molar-refractivity contribution < 1.29 is 4.79 Å². The first-order chi connectivity index (χ1) is 8.47. The molecule has 1 amide bonds. The Hall–Kier alpha value is -1.50. The summed E-state index contributed by atoms with van der Waals surface area (Å²) in [5.41, 5.74) is 4.99. The fourth-order valence-electron chi connectivity index (χ4n) is 1.98. The number of carbonyl (C=O) groups is 1. The van der Waals surface area contributed by atoms with Gasteiger partial charge in [0.15, 0.2) is 0 Å². The second-order valence-corrected chi connectivity index (χ2v) is 4.69. The van der Waals surface area contributed by atoms with E-state index in [4.69, 9.17) is 18.0 Å². The van der Waals surface area contributed by atoms with E-state index in [0.29, 0.717) is 25.2 Å². The molecule has 6 nitrogen and oxygen atoms in total. The molecule has 7 heteroatoms. The van der Waals surface area contributed by atoms with Crippen molar-refractivity contribution >= 4 is 23.1 Å². The number of nitrogens with one attached hydrogen (secondary N) is 1. The van der Waals surface area contributed by atoms with Gasteiger partial charge in [-0.3, -0.25) is 9.89 Å². The van der Waals surface area contributed by atoms with Gasteiger partial charge in [-0.2, -0.15) is 5.10 Å². The molecule has 0 saturated carbocycles. The normalized spacial score (nSPS) is 11.3. The predicted molar refractivity (Wildman–Crippen MR) is 72.7 cm³/mol. The molecule has 0 bridgehead atoms. The summed E-state index contributed by atoms with van der Waals surface area (Å²) in [6.45, 7) is 4.20. The average Bonchev–Trinajstić information content (AvgIpc) is 2.83. The number of nitrogens with two attached hydrogens (primary N) is 1. The van der Waals surface area contributed by atoms with E-state index in [1.54, 1.807) is 11.9 Å². The molecule has 1 heterocycles. The van der Waals surface area contributed by atoms with Gasteiger partial charge in [0.2, 0.25) is 5.91 Å². The number of hydrogen-bond acceptors (Lipinski definition) is 4. The van der Waals surface area contributed by atoms with Crippen LogP contribution in [0.2, 0.25) is 0 Å². The Morgan fingerprint density at radius 1 is 1.56 bits per heavy atom. The second-order valence-electron chi connectivity index (χ2n) is 4.25. The molecule has 0 spiro atoms. The van der Waals surface area contributed by atoms with Crippen LogP contribution in [0, 0.1) is 5.41 Å². The highest BCUT2D eigenvalue weighted by Crippen LogP contribution is 2.29. The van der Waals surface area contributed by atoms with Crippen molar-refractivity contribution in [1.29, 1.82) is 0 Å². The maximum Gasteiger partial charge on any atom is 0.235 e. The molecule has 0 aromatic carbocycles. The fourth-order valence-corrected chi connectivity index (χ4v) is 2.35. The van der Waals surface area contributed by atoms with E-state index in [0.717, 1.165) is 0 Å². The molecule has 0 aliphatic heterocycles. The van der Waals surface area contributed by atoms with Gasteiger partial charge in [-0.25, -0.2) is 4.98 Å². The van der Waals surface area contributed by atoms with Crippen LogP contribution >= 0.6 is 12.2 Å². The zero-order valence-electron chi connectivity index (χ0n) is 10.9. The minimum Gasteiger partial charge on any atom is -0.392 e. The number of aromatic amines is 1. The molecule has 0 atom stereocenters. The number of amides is 1. The van der Waals surface area contributed by atoms with Crippen LogP contribution in [-0.4, -0.2) is 38.0 Å². The van der Waals surface area contributed by atoms with E-state index in [1.165, 1.54) is 6.33 Å². The van der Waals surface area contributed by atoms with Crippen LogP contribution in [0.5, 0.6) is 0 Å². The standard InChI is InChI=1S/C11H19N5OS/c1-4-11(5-2,9(12)18)10(17)16(3)6-8-13-7-14-15-8/h7H,4-6H2,1-3H3,(H2,12,18)(H,13,14,15). The fraction of sp³-hybridized carbons (Fsp3) is 0.636. The summed E-state index contributed by atoms with van der Waals surface area (Å²) >= 11 is 5.07. The van der Waals surface area contributed by atoms with Gasteiger partial charge in [-0.05, 0) is 12.8 Å². The quantitative estimate of drug-likeness (QED) is 0.748. The number of rotatable bonds is 6. The highest BCUT2D eigenvalue weighted by atomic mass is 32.1. The Morgan fingerprint density at radius 3 is 2.56 bits per heavy atom. The topological polar surface area (TPSA) is 87.9 Å². The SMILES string of the molecule is CCC(CC)(C(=O)N(C)Cc1ncn[nH]1)C(N)=S. The molecule has 0 fully saturated rings. The van der Waals surface area contributed by atoms with Crippen molar-refractivity contribution in [2.45, 2.75) is 33.2 Å². The van der Waals surface area contributed by atoms with Gasteiger partial charge >= 0.3 is 0 Å². The Kier molecular flexibility index (Phi) is 4.77. The lowest BCUT2D eigenvalue weighted by Crippen LogP contribution is -2.48. The Labute approximate surface area is 112 Å². The maximum absolute atomic E-state index is 12.5. The van der Waals surface area contributed by atoms with E-state index in [1.807, 2.05) is 13.8 Å². The summed E-state index contributed by atoms with van der Waals surface area (Å²) in [6.07, 6.45) is 2.60. The first-order valence-corrected chi connectivity index (χ1v) is 6.28. The Morgan fingerprint density at radius 2 is 2.17 bits per heavy atom.